The van der Waals surface area contributed by atoms with Crippen LogP contribution in [0.1, 0.15) is 24.8 Å². The molecule has 3 heteroatoms. The van der Waals surface area contributed by atoms with Gasteiger partial charge in [0.1, 0.15) is 5.82 Å². The lowest BCUT2D eigenvalue weighted by Gasteiger charge is -2.17. The van der Waals surface area contributed by atoms with E-state index in [4.69, 9.17) is 5.11 Å². The zero-order chi connectivity index (χ0) is 11.4. The summed E-state index contributed by atoms with van der Waals surface area (Å²) in [4.78, 5) is 0. The summed E-state index contributed by atoms with van der Waals surface area (Å²) in [5.41, 5.74) is 0.700. The molecular formula is C13H18FNO. The topological polar surface area (TPSA) is 32.3 Å². The molecule has 1 atom stereocenters. The summed E-state index contributed by atoms with van der Waals surface area (Å²) in [6, 6.07) is 7.16. The van der Waals surface area contributed by atoms with E-state index in [1.807, 2.05) is 6.07 Å². The predicted octanol–water partition coefficient (Wildman–Crippen LogP) is 2.08. The Hall–Kier alpha value is -0.930. The van der Waals surface area contributed by atoms with Gasteiger partial charge < -0.3 is 10.4 Å². The first-order valence-electron chi connectivity index (χ1n) is 5.89. The zero-order valence-corrected chi connectivity index (χ0v) is 9.32. The lowest BCUT2D eigenvalue weighted by atomic mass is 10.1. The SMILES string of the molecule is OCCC(NCc1ccccc1F)C1CC1. The van der Waals surface area contributed by atoms with Gasteiger partial charge in [0.05, 0.1) is 0 Å². The fourth-order valence-electron chi connectivity index (χ4n) is 2.02. The third-order valence-electron chi connectivity index (χ3n) is 3.14. The Labute approximate surface area is 95.5 Å². The Morgan fingerprint density at radius 2 is 2.12 bits per heavy atom. The number of rotatable bonds is 6. The van der Waals surface area contributed by atoms with Gasteiger partial charge in [0.15, 0.2) is 0 Å². The molecule has 88 valence electrons. The van der Waals surface area contributed by atoms with Crippen LogP contribution in [0.15, 0.2) is 24.3 Å². The van der Waals surface area contributed by atoms with Crippen molar-refractivity contribution in [1.29, 1.82) is 0 Å². The van der Waals surface area contributed by atoms with E-state index < -0.39 is 0 Å². The van der Waals surface area contributed by atoms with E-state index in [0.29, 0.717) is 24.1 Å². The Morgan fingerprint density at radius 3 is 2.75 bits per heavy atom. The van der Waals surface area contributed by atoms with Crippen LogP contribution in [-0.2, 0) is 6.54 Å². The van der Waals surface area contributed by atoms with Crippen molar-refractivity contribution in [2.75, 3.05) is 6.61 Å². The summed E-state index contributed by atoms with van der Waals surface area (Å²) in [7, 11) is 0. The van der Waals surface area contributed by atoms with Gasteiger partial charge in [-0.25, -0.2) is 4.39 Å². The fraction of sp³-hybridized carbons (Fsp3) is 0.538. The van der Waals surface area contributed by atoms with Crippen molar-refractivity contribution in [3.63, 3.8) is 0 Å². The Bertz CT molecular complexity index is 338. The van der Waals surface area contributed by atoms with Crippen LogP contribution in [0.4, 0.5) is 4.39 Å². The van der Waals surface area contributed by atoms with E-state index in [1.165, 1.54) is 18.9 Å². The predicted molar refractivity (Wildman–Crippen MR) is 61.5 cm³/mol. The van der Waals surface area contributed by atoms with E-state index in [1.54, 1.807) is 12.1 Å². The maximum absolute atomic E-state index is 13.4. The van der Waals surface area contributed by atoms with Crippen molar-refractivity contribution in [1.82, 2.24) is 5.32 Å². The van der Waals surface area contributed by atoms with E-state index in [0.717, 1.165) is 6.42 Å². The van der Waals surface area contributed by atoms with Crippen molar-refractivity contribution < 1.29 is 9.50 Å². The molecule has 1 fully saturated rings. The average molecular weight is 223 g/mol. The highest BCUT2D eigenvalue weighted by molar-refractivity contribution is 5.17. The highest BCUT2D eigenvalue weighted by Gasteiger charge is 2.30. The monoisotopic (exact) mass is 223 g/mol. The van der Waals surface area contributed by atoms with Gasteiger partial charge in [-0.05, 0) is 31.2 Å². The van der Waals surface area contributed by atoms with Crippen LogP contribution < -0.4 is 5.32 Å². The molecule has 0 aliphatic heterocycles. The van der Waals surface area contributed by atoms with Crippen molar-refractivity contribution in [2.45, 2.75) is 31.8 Å². The summed E-state index contributed by atoms with van der Waals surface area (Å²) in [6.45, 7) is 0.749. The first-order chi connectivity index (χ1) is 7.81. The largest absolute Gasteiger partial charge is 0.396 e. The minimum atomic E-state index is -0.159. The summed E-state index contributed by atoms with van der Waals surface area (Å²) in [5.74, 6) is 0.521. The van der Waals surface area contributed by atoms with Crippen molar-refractivity contribution in [3.8, 4) is 0 Å². The standard InChI is InChI=1S/C13H18FNO/c14-12-4-2-1-3-11(12)9-15-13(7-8-16)10-5-6-10/h1-4,10,13,15-16H,5-9H2. The van der Waals surface area contributed by atoms with Crippen molar-refractivity contribution >= 4 is 0 Å². The molecule has 2 rings (SSSR count). The summed E-state index contributed by atoms with van der Waals surface area (Å²) >= 11 is 0. The molecule has 1 unspecified atom stereocenters. The molecule has 1 aromatic rings. The molecule has 1 aliphatic carbocycles. The van der Waals surface area contributed by atoms with Gasteiger partial charge in [-0.1, -0.05) is 18.2 Å². The van der Waals surface area contributed by atoms with Crippen LogP contribution in [0.2, 0.25) is 0 Å². The second-order valence-electron chi connectivity index (χ2n) is 4.43. The van der Waals surface area contributed by atoms with Crippen LogP contribution in [0, 0.1) is 11.7 Å². The van der Waals surface area contributed by atoms with E-state index in [9.17, 15) is 4.39 Å². The number of hydrogen-bond acceptors (Lipinski definition) is 2. The lowest BCUT2D eigenvalue weighted by molar-refractivity contribution is 0.255. The molecule has 0 bridgehead atoms. The van der Waals surface area contributed by atoms with Gasteiger partial charge in [-0.15, -0.1) is 0 Å². The van der Waals surface area contributed by atoms with Crippen LogP contribution >= 0.6 is 0 Å². The molecule has 16 heavy (non-hydrogen) atoms. The van der Waals surface area contributed by atoms with Gasteiger partial charge in [0.2, 0.25) is 0 Å². The molecule has 0 aromatic heterocycles. The molecule has 1 saturated carbocycles. The average Bonchev–Trinajstić information content (AvgIpc) is 3.10. The number of nitrogens with one attached hydrogen (secondary N) is 1. The highest BCUT2D eigenvalue weighted by Crippen LogP contribution is 2.34. The van der Waals surface area contributed by atoms with Gasteiger partial charge in [-0.2, -0.15) is 0 Å². The zero-order valence-electron chi connectivity index (χ0n) is 9.32. The number of aliphatic hydroxyl groups excluding tert-OH is 1. The van der Waals surface area contributed by atoms with Gasteiger partial charge in [0.25, 0.3) is 0 Å². The number of halogens is 1. The van der Waals surface area contributed by atoms with Gasteiger partial charge in [0, 0.05) is 24.8 Å². The van der Waals surface area contributed by atoms with Crippen LogP contribution in [-0.4, -0.2) is 17.8 Å². The number of benzene rings is 1. The third-order valence-corrected chi connectivity index (χ3v) is 3.14. The van der Waals surface area contributed by atoms with E-state index >= 15 is 0 Å². The van der Waals surface area contributed by atoms with Crippen LogP contribution in [0.3, 0.4) is 0 Å². The Kier molecular flexibility index (Phi) is 3.91. The van der Waals surface area contributed by atoms with Crippen LogP contribution in [0.5, 0.6) is 0 Å². The quantitative estimate of drug-likeness (QED) is 0.774. The number of hydrogen-bond donors (Lipinski definition) is 2. The normalized spacial score (nSPS) is 17.4. The first-order valence-corrected chi connectivity index (χ1v) is 5.89. The summed E-state index contributed by atoms with van der Waals surface area (Å²) in [6.07, 6.45) is 3.23. The molecule has 0 saturated heterocycles. The smallest absolute Gasteiger partial charge is 0.127 e. The molecular weight excluding hydrogens is 205 g/mol. The first kappa shape index (κ1) is 11.6. The Balaban J connectivity index is 1.87. The highest BCUT2D eigenvalue weighted by atomic mass is 19.1. The maximum atomic E-state index is 13.4. The third kappa shape index (κ3) is 3.03. The molecule has 0 radical (unpaired) electrons. The molecule has 2 nitrogen and oxygen atoms in total. The summed E-state index contributed by atoms with van der Waals surface area (Å²) < 4.78 is 13.4. The van der Waals surface area contributed by atoms with Crippen molar-refractivity contribution in [3.05, 3.63) is 35.6 Å². The minimum Gasteiger partial charge on any atom is -0.396 e. The van der Waals surface area contributed by atoms with Gasteiger partial charge >= 0.3 is 0 Å². The second kappa shape index (κ2) is 5.41. The molecule has 1 aliphatic rings. The van der Waals surface area contributed by atoms with Crippen molar-refractivity contribution in [2.24, 2.45) is 5.92 Å². The van der Waals surface area contributed by atoms with E-state index in [-0.39, 0.29) is 12.4 Å². The second-order valence-corrected chi connectivity index (χ2v) is 4.43. The Morgan fingerprint density at radius 1 is 1.38 bits per heavy atom. The molecule has 0 spiro atoms. The van der Waals surface area contributed by atoms with Gasteiger partial charge in [-0.3, -0.25) is 0 Å². The minimum absolute atomic E-state index is 0.159. The fourth-order valence-corrected chi connectivity index (χ4v) is 2.02. The van der Waals surface area contributed by atoms with E-state index in [2.05, 4.69) is 5.32 Å². The molecule has 0 amide bonds. The molecule has 0 heterocycles. The summed E-state index contributed by atoms with van der Waals surface area (Å²) in [5, 5.41) is 12.3. The lowest BCUT2D eigenvalue weighted by Crippen LogP contribution is -2.31. The molecule has 1 aromatic carbocycles. The molecule has 2 N–H and O–H groups in total. The maximum Gasteiger partial charge on any atom is 0.127 e. The van der Waals surface area contributed by atoms with Crippen LogP contribution in [0.25, 0.3) is 0 Å². The number of aliphatic hydroxyl groups is 1.